The predicted octanol–water partition coefficient (Wildman–Crippen LogP) is 1.11. The first-order chi connectivity index (χ1) is 11.5. The van der Waals surface area contributed by atoms with E-state index in [-0.39, 0.29) is 24.1 Å². The van der Waals surface area contributed by atoms with Crippen molar-refractivity contribution >= 4 is 17.5 Å². The summed E-state index contributed by atoms with van der Waals surface area (Å²) >= 11 is 0. The molecule has 2 amide bonds. The Balaban J connectivity index is 2.03. The Labute approximate surface area is 139 Å². The fourth-order valence-corrected chi connectivity index (χ4v) is 2.18. The van der Waals surface area contributed by atoms with E-state index in [2.05, 4.69) is 15.7 Å². The van der Waals surface area contributed by atoms with E-state index in [1.165, 1.54) is 11.7 Å². The summed E-state index contributed by atoms with van der Waals surface area (Å²) in [5, 5.41) is 9.36. The quantitative estimate of drug-likeness (QED) is 0.826. The van der Waals surface area contributed by atoms with Gasteiger partial charge in [0, 0.05) is 14.1 Å². The van der Waals surface area contributed by atoms with Gasteiger partial charge in [0.2, 0.25) is 0 Å². The smallest absolute Gasteiger partial charge is 0.271 e. The van der Waals surface area contributed by atoms with Gasteiger partial charge in [-0.3, -0.25) is 14.3 Å². The third-order valence-electron chi connectivity index (χ3n) is 3.36. The average molecular weight is 332 g/mol. The number of methoxy groups -OCH3 is 1. The number of aromatic nitrogens is 2. The molecule has 0 aliphatic carbocycles. The highest BCUT2D eigenvalue weighted by Gasteiger charge is 2.21. The first-order valence-corrected chi connectivity index (χ1v) is 7.28. The van der Waals surface area contributed by atoms with Crippen molar-refractivity contribution in [2.45, 2.75) is 6.92 Å². The van der Waals surface area contributed by atoms with Gasteiger partial charge < -0.3 is 20.1 Å². The Bertz CT molecular complexity index is 737. The molecule has 0 aliphatic heterocycles. The van der Waals surface area contributed by atoms with Gasteiger partial charge in [-0.05, 0) is 31.2 Å². The van der Waals surface area contributed by atoms with E-state index in [1.54, 1.807) is 45.3 Å². The second-order valence-electron chi connectivity index (χ2n) is 5.02. The molecule has 1 heterocycles. The van der Waals surface area contributed by atoms with Gasteiger partial charge in [-0.25, -0.2) is 0 Å². The fraction of sp³-hybridized carbons (Fsp3) is 0.312. The lowest BCUT2D eigenvalue weighted by Gasteiger charge is -2.09. The van der Waals surface area contributed by atoms with Crippen molar-refractivity contribution in [1.82, 2.24) is 15.1 Å². The normalized spacial score (nSPS) is 10.2. The third kappa shape index (κ3) is 3.83. The van der Waals surface area contributed by atoms with E-state index in [0.717, 1.165) is 0 Å². The van der Waals surface area contributed by atoms with Crippen molar-refractivity contribution in [2.24, 2.45) is 7.05 Å². The minimum absolute atomic E-state index is 0.187. The number of hydrogen-bond donors (Lipinski definition) is 2. The van der Waals surface area contributed by atoms with Gasteiger partial charge in [0.1, 0.15) is 17.2 Å². The van der Waals surface area contributed by atoms with Crippen LogP contribution >= 0.6 is 0 Å². The summed E-state index contributed by atoms with van der Waals surface area (Å²) in [6.45, 7) is 1.53. The topological polar surface area (TPSA) is 94.5 Å². The maximum atomic E-state index is 12.1. The van der Waals surface area contributed by atoms with Crippen LogP contribution in [0.4, 0.5) is 5.69 Å². The minimum Gasteiger partial charge on any atom is -0.497 e. The van der Waals surface area contributed by atoms with Crippen molar-refractivity contribution < 1.29 is 19.1 Å². The average Bonchev–Trinajstić information content (AvgIpc) is 2.86. The van der Waals surface area contributed by atoms with Crippen LogP contribution in [-0.4, -0.2) is 42.4 Å². The van der Waals surface area contributed by atoms with E-state index < -0.39 is 0 Å². The van der Waals surface area contributed by atoms with Gasteiger partial charge in [-0.1, -0.05) is 0 Å². The highest BCUT2D eigenvalue weighted by molar-refractivity contribution is 6.03. The molecule has 0 spiro atoms. The van der Waals surface area contributed by atoms with E-state index in [0.29, 0.717) is 22.9 Å². The summed E-state index contributed by atoms with van der Waals surface area (Å²) < 4.78 is 11.9. The molecule has 1 aromatic heterocycles. The molecule has 8 heteroatoms. The van der Waals surface area contributed by atoms with Crippen LogP contribution in [0.1, 0.15) is 16.2 Å². The number of ether oxygens (including phenoxy) is 2. The van der Waals surface area contributed by atoms with E-state index >= 15 is 0 Å². The summed E-state index contributed by atoms with van der Waals surface area (Å²) in [5.41, 5.74) is 1.21. The van der Waals surface area contributed by atoms with Crippen molar-refractivity contribution in [2.75, 3.05) is 26.1 Å². The number of anilines is 1. The van der Waals surface area contributed by atoms with Gasteiger partial charge >= 0.3 is 0 Å². The second-order valence-corrected chi connectivity index (χ2v) is 5.02. The standard InChI is InChI=1S/C16H20N4O4/c1-10-14(15(16(22)17-2)20(3)19-10)18-13(21)9-24-12-7-5-11(23-4)6-8-12/h5-8H,9H2,1-4H3,(H,17,22)(H,18,21). The molecule has 0 saturated carbocycles. The second kappa shape index (κ2) is 7.49. The molecule has 0 saturated heterocycles. The van der Waals surface area contributed by atoms with Gasteiger partial charge in [-0.2, -0.15) is 5.10 Å². The zero-order valence-electron chi connectivity index (χ0n) is 14.0. The first-order valence-electron chi connectivity index (χ1n) is 7.28. The summed E-state index contributed by atoms with van der Waals surface area (Å²) in [7, 11) is 4.73. The highest BCUT2D eigenvalue weighted by atomic mass is 16.5. The molecule has 2 aromatic rings. The largest absolute Gasteiger partial charge is 0.497 e. The molecule has 1 aromatic carbocycles. The van der Waals surface area contributed by atoms with Crippen LogP contribution in [0, 0.1) is 6.92 Å². The molecule has 24 heavy (non-hydrogen) atoms. The van der Waals surface area contributed by atoms with Crippen LogP contribution in [0.15, 0.2) is 24.3 Å². The van der Waals surface area contributed by atoms with E-state index in [9.17, 15) is 9.59 Å². The number of carbonyl (C=O) groups is 2. The molecule has 2 N–H and O–H groups in total. The van der Waals surface area contributed by atoms with Crippen molar-refractivity contribution in [3.8, 4) is 11.5 Å². The van der Waals surface area contributed by atoms with Gasteiger partial charge in [0.25, 0.3) is 11.8 Å². The Morgan fingerprint density at radius 1 is 1.21 bits per heavy atom. The SMILES string of the molecule is CNC(=O)c1c(NC(=O)COc2ccc(OC)cc2)c(C)nn1C. The van der Waals surface area contributed by atoms with E-state index in [4.69, 9.17) is 9.47 Å². The number of benzene rings is 1. The number of rotatable bonds is 6. The lowest BCUT2D eigenvalue weighted by Crippen LogP contribution is -2.25. The summed E-state index contributed by atoms with van der Waals surface area (Å²) in [6.07, 6.45) is 0. The Kier molecular flexibility index (Phi) is 5.41. The molecule has 128 valence electrons. The van der Waals surface area contributed by atoms with Crippen molar-refractivity contribution in [3.63, 3.8) is 0 Å². The Morgan fingerprint density at radius 2 is 1.83 bits per heavy atom. The number of hydrogen-bond acceptors (Lipinski definition) is 5. The number of nitrogens with one attached hydrogen (secondary N) is 2. The number of aryl methyl sites for hydroxylation is 2. The molecular formula is C16H20N4O4. The zero-order chi connectivity index (χ0) is 17.7. The molecule has 2 rings (SSSR count). The molecular weight excluding hydrogens is 312 g/mol. The molecule has 0 bridgehead atoms. The lowest BCUT2D eigenvalue weighted by atomic mass is 10.2. The third-order valence-corrected chi connectivity index (χ3v) is 3.36. The number of amides is 2. The Hall–Kier alpha value is -3.03. The fourth-order valence-electron chi connectivity index (χ4n) is 2.18. The monoisotopic (exact) mass is 332 g/mol. The van der Waals surface area contributed by atoms with E-state index in [1.807, 2.05) is 0 Å². The van der Waals surface area contributed by atoms with Crippen LogP contribution in [0.3, 0.4) is 0 Å². The van der Waals surface area contributed by atoms with Gasteiger partial charge in [-0.15, -0.1) is 0 Å². The lowest BCUT2D eigenvalue weighted by molar-refractivity contribution is -0.118. The molecule has 0 atom stereocenters. The molecule has 0 radical (unpaired) electrons. The summed E-state index contributed by atoms with van der Waals surface area (Å²) in [4.78, 5) is 24.0. The van der Waals surface area contributed by atoms with Crippen LogP contribution < -0.4 is 20.1 Å². The molecule has 0 fully saturated rings. The van der Waals surface area contributed by atoms with Crippen molar-refractivity contribution in [1.29, 1.82) is 0 Å². The van der Waals surface area contributed by atoms with Crippen LogP contribution in [0.2, 0.25) is 0 Å². The van der Waals surface area contributed by atoms with Crippen molar-refractivity contribution in [3.05, 3.63) is 35.7 Å². The van der Waals surface area contributed by atoms with Gasteiger partial charge in [0.15, 0.2) is 6.61 Å². The maximum Gasteiger partial charge on any atom is 0.271 e. The van der Waals surface area contributed by atoms with Crippen LogP contribution in [-0.2, 0) is 11.8 Å². The maximum absolute atomic E-state index is 12.1. The molecule has 0 aliphatic rings. The summed E-state index contributed by atoms with van der Waals surface area (Å²) in [5.74, 6) is 0.532. The number of nitrogens with zero attached hydrogens (tertiary/aromatic N) is 2. The zero-order valence-corrected chi connectivity index (χ0v) is 14.0. The Morgan fingerprint density at radius 3 is 2.42 bits per heavy atom. The minimum atomic E-state index is -0.382. The van der Waals surface area contributed by atoms with Crippen LogP contribution in [0.25, 0.3) is 0 Å². The van der Waals surface area contributed by atoms with Gasteiger partial charge in [0.05, 0.1) is 18.5 Å². The van der Waals surface area contributed by atoms with Crippen LogP contribution in [0.5, 0.6) is 11.5 Å². The highest BCUT2D eigenvalue weighted by Crippen LogP contribution is 2.20. The predicted molar refractivity (Wildman–Crippen MR) is 88.5 cm³/mol. The molecule has 8 nitrogen and oxygen atoms in total. The number of carbonyl (C=O) groups excluding carboxylic acids is 2. The molecule has 0 unspecified atom stereocenters. The first kappa shape index (κ1) is 17.3. The summed E-state index contributed by atoms with van der Waals surface area (Å²) in [6, 6.07) is 6.89.